The van der Waals surface area contributed by atoms with Crippen molar-refractivity contribution in [3.8, 4) is 17.3 Å². The largest absolute Gasteiger partial charge is 0.476 e. The van der Waals surface area contributed by atoms with E-state index in [1.54, 1.807) is 24.3 Å². The van der Waals surface area contributed by atoms with E-state index in [2.05, 4.69) is 5.32 Å². The molecule has 1 N–H and O–H groups in total. The summed E-state index contributed by atoms with van der Waals surface area (Å²) in [5.41, 5.74) is 0.217. The van der Waals surface area contributed by atoms with E-state index in [0.29, 0.717) is 26.3 Å². The number of benzene rings is 2. The van der Waals surface area contributed by atoms with Gasteiger partial charge in [0.15, 0.2) is 12.4 Å². The van der Waals surface area contributed by atoms with Crippen LogP contribution in [0.25, 0.3) is 22.5 Å². The number of fused-ring (bicyclic) bond motifs is 1. The predicted octanol–water partition coefficient (Wildman–Crippen LogP) is 6.03. The molecule has 2 aromatic heterocycles. The molecule has 0 aliphatic heterocycles. The molecular weight excluding hydrogens is 453 g/mol. The second-order valence-electron chi connectivity index (χ2n) is 6.20. The molecule has 152 valence electrons. The highest BCUT2D eigenvalue weighted by Crippen LogP contribution is 2.32. The fraction of sp³-hybridized carbons (Fsp3) is 0.0476. The number of carbonyl (C=O) groups excluding carboxylic acids is 1. The molecule has 1 amide bonds. The maximum absolute atomic E-state index is 13.0. The van der Waals surface area contributed by atoms with E-state index in [9.17, 15) is 9.59 Å². The summed E-state index contributed by atoms with van der Waals surface area (Å²) in [6.07, 6.45) is 1.43. The third-order valence-corrected chi connectivity index (χ3v) is 4.72. The minimum atomic E-state index is -0.524. The number of hydrogen-bond donors (Lipinski definition) is 1. The number of hydrogen-bond acceptors (Lipinski definition) is 5. The van der Waals surface area contributed by atoms with E-state index in [4.69, 9.17) is 48.4 Å². The second-order valence-corrected chi connectivity index (χ2v) is 7.51. The van der Waals surface area contributed by atoms with E-state index in [1.165, 1.54) is 30.5 Å². The van der Waals surface area contributed by atoms with Crippen molar-refractivity contribution in [2.75, 3.05) is 11.9 Å². The van der Waals surface area contributed by atoms with E-state index >= 15 is 0 Å². The van der Waals surface area contributed by atoms with Crippen LogP contribution in [-0.2, 0) is 4.79 Å². The molecule has 2 aromatic carbocycles. The van der Waals surface area contributed by atoms with Crippen molar-refractivity contribution >= 4 is 57.4 Å². The van der Waals surface area contributed by atoms with Crippen LogP contribution in [0.4, 0.5) is 5.69 Å². The van der Waals surface area contributed by atoms with Crippen LogP contribution in [0.3, 0.4) is 0 Å². The highest BCUT2D eigenvalue weighted by molar-refractivity contribution is 6.35. The summed E-state index contributed by atoms with van der Waals surface area (Å²) < 4.78 is 16.7. The van der Waals surface area contributed by atoms with Crippen LogP contribution in [0.5, 0.6) is 5.75 Å². The van der Waals surface area contributed by atoms with Crippen LogP contribution in [0.15, 0.2) is 68.4 Å². The summed E-state index contributed by atoms with van der Waals surface area (Å²) in [5.74, 6) is -0.345. The quantitative estimate of drug-likeness (QED) is 0.390. The van der Waals surface area contributed by atoms with Crippen LogP contribution in [0.2, 0.25) is 15.1 Å². The van der Waals surface area contributed by atoms with Gasteiger partial charge in [0.2, 0.25) is 16.9 Å². The molecular formula is C21H12Cl3NO5. The Morgan fingerprint density at radius 1 is 1.00 bits per heavy atom. The maximum Gasteiger partial charge on any atom is 0.262 e. The van der Waals surface area contributed by atoms with Crippen LogP contribution >= 0.6 is 34.8 Å². The minimum absolute atomic E-state index is 0.0680. The summed E-state index contributed by atoms with van der Waals surface area (Å²) in [6.45, 7) is -0.464. The molecule has 0 radical (unpaired) electrons. The normalized spacial score (nSPS) is 10.9. The first-order valence-corrected chi connectivity index (χ1v) is 9.73. The highest BCUT2D eigenvalue weighted by atomic mass is 35.5. The van der Waals surface area contributed by atoms with Gasteiger partial charge < -0.3 is 18.9 Å². The number of furan rings is 1. The molecule has 2 heterocycles. The summed E-state index contributed by atoms with van der Waals surface area (Å²) in [6, 6.07) is 12.5. The van der Waals surface area contributed by atoms with Gasteiger partial charge in [0.1, 0.15) is 5.58 Å². The Morgan fingerprint density at radius 3 is 2.47 bits per heavy atom. The summed E-state index contributed by atoms with van der Waals surface area (Å²) in [5, 5.41) is 3.92. The topological polar surface area (TPSA) is 81.7 Å². The van der Waals surface area contributed by atoms with Gasteiger partial charge in [0.25, 0.3) is 5.91 Å². The third-order valence-electron chi connectivity index (χ3n) is 4.05. The van der Waals surface area contributed by atoms with Crippen LogP contribution in [0, 0.1) is 0 Å². The smallest absolute Gasteiger partial charge is 0.262 e. The zero-order chi connectivity index (χ0) is 21.3. The van der Waals surface area contributed by atoms with Gasteiger partial charge in [-0.1, -0.05) is 34.8 Å². The Labute approximate surface area is 184 Å². The summed E-state index contributed by atoms with van der Waals surface area (Å²) in [7, 11) is 0. The second kappa shape index (κ2) is 8.44. The van der Waals surface area contributed by atoms with Gasteiger partial charge in [-0.15, -0.1) is 0 Å². The Kier molecular flexibility index (Phi) is 5.72. The van der Waals surface area contributed by atoms with Crippen LogP contribution in [-0.4, -0.2) is 12.5 Å². The molecule has 9 heteroatoms. The zero-order valence-corrected chi connectivity index (χ0v) is 17.3. The number of amides is 1. The predicted molar refractivity (Wildman–Crippen MR) is 116 cm³/mol. The van der Waals surface area contributed by atoms with Gasteiger partial charge in [-0.2, -0.15) is 0 Å². The molecule has 0 aliphatic rings. The SMILES string of the molecule is O=C(COc1c(-c2ccco2)oc2ccc(Cl)cc2c1=O)Nc1cc(Cl)cc(Cl)c1. The van der Waals surface area contributed by atoms with Crippen LogP contribution < -0.4 is 15.5 Å². The average Bonchev–Trinajstić information content (AvgIpc) is 3.21. The van der Waals surface area contributed by atoms with Crippen molar-refractivity contribution in [2.45, 2.75) is 0 Å². The lowest BCUT2D eigenvalue weighted by Crippen LogP contribution is -2.22. The first-order chi connectivity index (χ1) is 14.4. The fourth-order valence-corrected chi connectivity index (χ4v) is 3.51. The number of halogens is 3. The molecule has 0 bridgehead atoms. The van der Waals surface area contributed by atoms with Crippen molar-refractivity contribution in [3.05, 3.63) is 80.1 Å². The summed E-state index contributed by atoms with van der Waals surface area (Å²) in [4.78, 5) is 25.3. The molecule has 0 fully saturated rings. The molecule has 4 aromatic rings. The van der Waals surface area contributed by atoms with Crippen molar-refractivity contribution in [1.29, 1.82) is 0 Å². The van der Waals surface area contributed by atoms with Crippen molar-refractivity contribution in [2.24, 2.45) is 0 Å². The third kappa shape index (κ3) is 4.31. The number of nitrogens with one attached hydrogen (secondary N) is 1. The minimum Gasteiger partial charge on any atom is -0.476 e. The van der Waals surface area contributed by atoms with Crippen molar-refractivity contribution < 1.29 is 18.4 Å². The van der Waals surface area contributed by atoms with Gasteiger partial charge >= 0.3 is 0 Å². The van der Waals surface area contributed by atoms with Crippen molar-refractivity contribution in [3.63, 3.8) is 0 Å². The number of ether oxygens (including phenoxy) is 1. The first-order valence-electron chi connectivity index (χ1n) is 8.60. The molecule has 4 rings (SSSR count). The molecule has 0 saturated heterocycles. The molecule has 0 spiro atoms. The van der Waals surface area contributed by atoms with Gasteiger partial charge in [-0.3, -0.25) is 9.59 Å². The summed E-state index contributed by atoms with van der Waals surface area (Å²) >= 11 is 17.9. The van der Waals surface area contributed by atoms with E-state index in [1.807, 2.05) is 0 Å². The van der Waals surface area contributed by atoms with Gasteiger partial charge in [-0.05, 0) is 48.5 Å². The lowest BCUT2D eigenvalue weighted by atomic mass is 10.2. The van der Waals surface area contributed by atoms with Crippen molar-refractivity contribution in [1.82, 2.24) is 0 Å². The molecule has 30 heavy (non-hydrogen) atoms. The molecule has 0 saturated carbocycles. The lowest BCUT2D eigenvalue weighted by Gasteiger charge is -2.11. The molecule has 0 aliphatic carbocycles. The number of carbonyl (C=O) groups is 1. The first kappa shape index (κ1) is 20.3. The Morgan fingerprint density at radius 2 is 1.77 bits per heavy atom. The van der Waals surface area contributed by atoms with Gasteiger partial charge in [-0.25, -0.2) is 0 Å². The molecule has 6 nitrogen and oxygen atoms in total. The Balaban J connectivity index is 1.65. The lowest BCUT2D eigenvalue weighted by molar-refractivity contribution is -0.118. The monoisotopic (exact) mass is 463 g/mol. The maximum atomic E-state index is 13.0. The fourth-order valence-electron chi connectivity index (χ4n) is 2.81. The van der Waals surface area contributed by atoms with Gasteiger partial charge in [0.05, 0.1) is 11.6 Å². The van der Waals surface area contributed by atoms with Gasteiger partial charge in [0, 0.05) is 20.8 Å². The van der Waals surface area contributed by atoms with Crippen LogP contribution in [0.1, 0.15) is 0 Å². The zero-order valence-electron chi connectivity index (χ0n) is 15.1. The molecule has 0 atom stereocenters. The standard InChI is InChI=1S/C21H12Cl3NO5/c22-11-3-4-16-15(9-11)19(27)21(20(30-16)17-2-1-5-28-17)29-10-18(26)25-14-7-12(23)6-13(24)8-14/h1-9H,10H2,(H,25,26). The van der Waals surface area contributed by atoms with E-state index < -0.39 is 17.9 Å². The number of rotatable bonds is 5. The van der Waals surface area contributed by atoms with E-state index in [0.717, 1.165) is 0 Å². The highest BCUT2D eigenvalue weighted by Gasteiger charge is 2.21. The average molecular weight is 465 g/mol. The Hall–Kier alpha value is -2.93. The number of anilines is 1. The van der Waals surface area contributed by atoms with E-state index in [-0.39, 0.29) is 22.7 Å². The Bertz CT molecular complexity index is 1280. The molecule has 0 unspecified atom stereocenters.